The summed E-state index contributed by atoms with van der Waals surface area (Å²) in [6, 6.07) is 5.66. The molecule has 2 rings (SSSR count). The maximum absolute atomic E-state index is 10.3. The van der Waals surface area contributed by atoms with Gasteiger partial charge < -0.3 is 9.30 Å². The molecular weight excluding hydrogens is 220 g/mol. The first-order chi connectivity index (χ1) is 8.11. The zero-order valence-corrected chi connectivity index (χ0v) is 9.58. The molecule has 0 unspecified atom stereocenters. The topological polar surface area (TPSA) is 57.3 Å². The quantitative estimate of drug-likeness (QED) is 0.603. The third-order valence-electron chi connectivity index (χ3n) is 2.60. The zero-order valence-electron chi connectivity index (χ0n) is 9.58. The van der Waals surface area contributed by atoms with Crippen LogP contribution < -0.4 is 4.74 Å². The number of rotatable bonds is 3. The minimum Gasteiger partial charge on any atom is -0.497 e. The fourth-order valence-electron chi connectivity index (χ4n) is 1.80. The lowest BCUT2D eigenvalue weighted by molar-refractivity contribution is -0.400. The molecule has 0 saturated heterocycles. The van der Waals surface area contributed by atoms with Crippen molar-refractivity contribution in [1.29, 1.82) is 0 Å². The SMILES string of the molecule is COc1ccc2c(c1)c(C=C[N+](=O)[O-])cn2C. The summed E-state index contributed by atoms with van der Waals surface area (Å²) in [5.41, 5.74) is 1.81. The standard InChI is InChI=1S/C12H12N2O3/c1-13-8-9(5-6-14(15)16)11-7-10(17-2)3-4-12(11)13/h3-8H,1-2H3. The van der Waals surface area contributed by atoms with Crippen molar-refractivity contribution >= 4 is 17.0 Å². The highest BCUT2D eigenvalue weighted by molar-refractivity contribution is 5.90. The smallest absolute Gasteiger partial charge is 0.235 e. The van der Waals surface area contributed by atoms with E-state index in [2.05, 4.69) is 0 Å². The largest absolute Gasteiger partial charge is 0.497 e. The summed E-state index contributed by atoms with van der Waals surface area (Å²) in [5.74, 6) is 0.736. The number of ether oxygens (including phenoxy) is 1. The summed E-state index contributed by atoms with van der Waals surface area (Å²) in [6.07, 6.45) is 4.28. The second kappa shape index (κ2) is 4.29. The Hall–Kier alpha value is -2.30. The molecule has 0 aliphatic rings. The molecule has 0 aliphatic heterocycles. The van der Waals surface area contributed by atoms with Crippen molar-refractivity contribution in [1.82, 2.24) is 4.57 Å². The fraction of sp³-hybridized carbons (Fsp3) is 0.167. The van der Waals surface area contributed by atoms with Gasteiger partial charge >= 0.3 is 0 Å². The fourth-order valence-corrected chi connectivity index (χ4v) is 1.80. The number of nitro groups is 1. The number of methoxy groups -OCH3 is 1. The number of hydrogen-bond donors (Lipinski definition) is 0. The Morgan fingerprint density at radius 3 is 2.88 bits per heavy atom. The molecule has 0 bridgehead atoms. The van der Waals surface area contributed by atoms with E-state index >= 15 is 0 Å². The molecule has 2 aromatic rings. The van der Waals surface area contributed by atoms with Crippen LogP contribution in [0.2, 0.25) is 0 Å². The van der Waals surface area contributed by atoms with Crippen molar-refractivity contribution in [2.24, 2.45) is 7.05 Å². The van der Waals surface area contributed by atoms with Crippen molar-refractivity contribution in [3.63, 3.8) is 0 Å². The summed E-state index contributed by atoms with van der Waals surface area (Å²) < 4.78 is 7.07. The van der Waals surface area contributed by atoms with E-state index in [4.69, 9.17) is 4.74 Å². The van der Waals surface area contributed by atoms with Gasteiger partial charge in [0.25, 0.3) is 0 Å². The molecule has 0 saturated carbocycles. The van der Waals surface area contributed by atoms with E-state index in [0.29, 0.717) is 0 Å². The van der Waals surface area contributed by atoms with Gasteiger partial charge in [-0.3, -0.25) is 10.1 Å². The average Bonchev–Trinajstić information content (AvgIpc) is 2.63. The Labute approximate surface area is 98.1 Å². The summed E-state index contributed by atoms with van der Waals surface area (Å²) in [6.45, 7) is 0. The van der Waals surface area contributed by atoms with Crippen LogP contribution in [0, 0.1) is 10.1 Å². The van der Waals surface area contributed by atoms with Crippen LogP contribution in [0.25, 0.3) is 17.0 Å². The van der Waals surface area contributed by atoms with Crippen LogP contribution in [0.1, 0.15) is 5.56 Å². The van der Waals surface area contributed by atoms with Crippen molar-refractivity contribution < 1.29 is 9.66 Å². The zero-order chi connectivity index (χ0) is 12.4. The van der Waals surface area contributed by atoms with Crippen LogP contribution in [-0.4, -0.2) is 16.6 Å². The summed E-state index contributed by atoms with van der Waals surface area (Å²) in [7, 11) is 3.49. The number of aryl methyl sites for hydroxylation is 1. The molecule has 0 fully saturated rings. The third-order valence-corrected chi connectivity index (χ3v) is 2.60. The molecule has 5 nitrogen and oxygen atoms in total. The van der Waals surface area contributed by atoms with E-state index < -0.39 is 4.92 Å². The lowest BCUT2D eigenvalue weighted by Gasteiger charge is -2.00. The van der Waals surface area contributed by atoms with Crippen LogP contribution in [0.5, 0.6) is 5.75 Å². The van der Waals surface area contributed by atoms with Gasteiger partial charge in [-0.15, -0.1) is 0 Å². The molecule has 0 N–H and O–H groups in total. The molecule has 1 heterocycles. The van der Waals surface area contributed by atoms with Crippen LogP contribution in [0.15, 0.2) is 30.6 Å². The van der Waals surface area contributed by atoms with Gasteiger partial charge in [-0.25, -0.2) is 0 Å². The maximum Gasteiger partial charge on any atom is 0.235 e. The molecule has 0 radical (unpaired) electrons. The Balaban J connectivity index is 2.59. The number of aromatic nitrogens is 1. The van der Waals surface area contributed by atoms with Gasteiger partial charge in [-0.1, -0.05) is 0 Å². The molecule has 88 valence electrons. The first kappa shape index (κ1) is 11.2. The van der Waals surface area contributed by atoms with Crippen LogP contribution in [0.4, 0.5) is 0 Å². The Kier molecular flexibility index (Phi) is 2.82. The van der Waals surface area contributed by atoms with Gasteiger partial charge in [0.15, 0.2) is 0 Å². The molecule has 0 spiro atoms. The normalized spacial score (nSPS) is 11.2. The maximum atomic E-state index is 10.3. The van der Waals surface area contributed by atoms with Crippen LogP contribution in [0.3, 0.4) is 0 Å². The minimum absolute atomic E-state index is 0.473. The summed E-state index contributed by atoms with van der Waals surface area (Å²) >= 11 is 0. The van der Waals surface area contributed by atoms with Gasteiger partial charge in [0, 0.05) is 35.8 Å². The average molecular weight is 232 g/mol. The van der Waals surface area contributed by atoms with Gasteiger partial charge in [-0.05, 0) is 18.2 Å². The number of fused-ring (bicyclic) bond motifs is 1. The Morgan fingerprint density at radius 1 is 1.47 bits per heavy atom. The summed E-state index contributed by atoms with van der Waals surface area (Å²) in [5, 5.41) is 11.3. The van der Waals surface area contributed by atoms with Gasteiger partial charge in [-0.2, -0.15) is 0 Å². The second-order valence-corrected chi connectivity index (χ2v) is 3.68. The van der Waals surface area contributed by atoms with E-state index in [9.17, 15) is 10.1 Å². The van der Waals surface area contributed by atoms with E-state index in [0.717, 1.165) is 28.4 Å². The Morgan fingerprint density at radius 2 is 2.24 bits per heavy atom. The van der Waals surface area contributed by atoms with Gasteiger partial charge in [0.1, 0.15) is 5.75 Å². The molecule has 5 heteroatoms. The first-order valence-corrected chi connectivity index (χ1v) is 5.06. The molecule has 1 aromatic heterocycles. The number of nitrogens with zero attached hydrogens (tertiary/aromatic N) is 2. The monoisotopic (exact) mass is 232 g/mol. The van der Waals surface area contributed by atoms with Crippen molar-refractivity contribution in [2.75, 3.05) is 7.11 Å². The van der Waals surface area contributed by atoms with E-state index in [1.54, 1.807) is 7.11 Å². The predicted molar refractivity (Wildman–Crippen MR) is 65.5 cm³/mol. The van der Waals surface area contributed by atoms with E-state index in [1.165, 1.54) is 6.08 Å². The first-order valence-electron chi connectivity index (χ1n) is 5.06. The lowest BCUT2D eigenvalue weighted by Crippen LogP contribution is -1.85. The highest BCUT2D eigenvalue weighted by atomic mass is 16.6. The van der Waals surface area contributed by atoms with E-state index in [-0.39, 0.29) is 0 Å². The Bertz CT molecular complexity index is 599. The van der Waals surface area contributed by atoms with Crippen molar-refractivity contribution in [2.45, 2.75) is 0 Å². The molecule has 0 amide bonds. The highest BCUT2D eigenvalue weighted by Crippen LogP contribution is 2.26. The van der Waals surface area contributed by atoms with E-state index in [1.807, 2.05) is 36.0 Å². The highest BCUT2D eigenvalue weighted by Gasteiger charge is 2.06. The van der Waals surface area contributed by atoms with Crippen molar-refractivity contribution in [3.05, 3.63) is 46.3 Å². The molecule has 0 aliphatic carbocycles. The second-order valence-electron chi connectivity index (χ2n) is 3.68. The lowest BCUT2D eigenvalue weighted by atomic mass is 10.1. The van der Waals surface area contributed by atoms with Crippen LogP contribution in [-0.2, 0) is 7.05 Å². The van der Waals surface area contributed by atoms with Crippen molar-refractivity contribution in [3.8, 4) is 5.75 Å². The van der Waals surface area contributed by atoms with Gasteiger partial charge in [0.2, 0.25) is 6.20 Å². The number of benzene rings is 1. The van der Waals surface area contributed by atoms with Gasteiger partial charge in [0.05, 0.1) is 12.0 Å². The predicted octanol–water partition coefficient (Wildman–Crippen LogP) is 2.43. The minimum atomic E-state index is -0.473. The van der Waals surface area contributed by atoms with Crippen LogP contribution >= 0.6 is 0 Å². The number of hydrogen-bond acceptors (Lipinski definition) is 3. The third kappa shape index (κ3) is 2.13. The molecule has 0 atom stereocenters. The molecule has 17 heavy (non-hydrogen) atoms. The molecule has 1 aromatic carbocycles. The molecular formula is C12H12N2O3. The summed E-state index contributed by atoms with van der Waals surface area (Å²) in [4.78, 5) is 9.85.